The maximum absolute atomic E-state index is 5.79. The van der Waals surface area contributed by atoms with Crippen molar-refractivity contribution in [3.05, 3.63) is 69.3 Å². The van der Waals surface area contributed by atoms with E-state index >= 15 is 0 Å². The molecule has 0 saturated carbocycles. The van der Waals surface area contributed by atoms with Crippen LogP contribution in [-0.4, -0.2) is 19.9 Å². The van der Waals surface area contributed by atoms with Crippen LogP contribution in [0.25, 0.3) is 44.4 Å². The molecule has 3 aromatic rings. The first-order chi connectivity index (χ1) is 31.5. The van der Waals surface area contributed by atoms with Crippen LogP contribution in [0.2, 0.25) is 0 Å². The minimum atomic E-state index is 1.10. The highest BCUT2D eigenvalue weighted by Gasteiger charge is 2.24. The van der Waals surface area contributed by atoms with Gasteiger partial charge in [0, 0.05) is 22.1 Å². The van der Waals surface area contributed by atoms with Gasteiger partial charge in [0.15, 0.2) is 0 Å². The number of aromatic nitrogens is 4. The first-order valence-electron chi connectivity index (χ1n) is 27.7. The molecule has 354 valence electrons. The van der Waals surface area contributed by atoms with Crippen molar-refractivity contribution in [1.29, 1.82) is 0 Å². The molecule has 5 rings (SSSR count). The molecule has 2 aliphatic heterocycles. The molecule has 2 aliphatic rings. The number of rotatable bonds is 32. The van der Waals surface area contributed by atoms with Gasteiger partial charge < -0.3 is 9.97 Å². The van der Waals surface area contributed by atoms with Crippen molar-refractivity contribution in [1.82, 2.24) is 19.9 Å². The number of hydrogen-bond acceptors (Lipinski definition) is 2. The van der Waals surface area contributed by atoms with Crippen molar-refractivity contribution in [2.75, 3.05) is 0 Å². The molecule has 64 heavy (non-hydrogen) atoms. The number of unbranched alkanes of at least 4 members (excludes halogenated alkanes) is 16. The Morgan fingerprint density at radius 1 is 0.266 bits per heavy atom. The van der Waals surface area contributed by atoms with E-state index in [2.05, 4.69) is 89.6 Å². The van der Waals surface area contributed by atoms with Crippen LogP contribution in [0.1, 0.15) is 280 Å². The maximum atomic E-state index is 5.79. The fraction of sp³-hybridized carbons (Fsp3) is 0.667. The molecule has 0 unspecified atom stereocenters. The van der Waals surface area contributed by atoms with Crippen molar-refractivity contribution >= 4 is 44.4 Å². The first kappa shape index (κ1) is 51.6. The average molecular weight is 871 g/mol. The van der Waals surface area contributed by atoms with Gasteiger partial charge in [-0.3, -0.25) is 0 Å². The van der Waals surface area contributed by atoms with Gasteiger partial charge in [-0.05, 0) is 172 Å². The summed E-state index contributed by atoms with van der Waals surface area (Å²) in [6.07, 6.45) is 38.6. The number of allylic oxidation sites excluding steroid dienone is 4. The fourth-order valence-electron chi connectivity index (χ4n) is 10.6. The summed E-state index contributed by atoms with van der Waals surface area (Å²) in [6, 6.07) is 10.1. The van der Waals surface area contributed by atoms with Crippen LogP contribution in [0.3, 0.4) is 0 Å². The zero-order valence-corrected chi connectivity index (χ0v) is 42.8. The summed E-state index contributed by atoms with van der Waals surface area (Å²) >= 11 is 0. The van der Waals surface area contributed by atoms with E-state index in [-0.39, 0.29) is 0 Å². The molecule has 0 fully saturated rings. The Morgan fingerprint density at radius 3 is 0.641 bits per heavy atom. The Labute approximate surface area is 392 Å². The van der Waals surface area contributed by atoms with E-state index in [1.165, 1.54) is 221 Å². The van der Waals surface area contributed by atoms with E-state index in [1.807, 2.05) is 0 Å². The number of aryl methyl sites for hydroxylation is 4. The van der Waals surface area contributed by atoms with Gasteiger partial charge in [-0.25, -0.2) is 9.97 Å². The first-order valence-corrected chi connectivity index (χ1v) is 27.7. The summed E-state index contributed by atoms with van der Waals surface area (Å²) in [7, 11) is 0. The Bertz CT molecular complexity index is 1800. The van der Waals surface area contributed by atoms with Crippen LogP contribution in [0.15, 0.2) is 24.3 Å². The molecule has 2 N–H and O–H groups in total. The second kappa shape index (κ2) is 28.6. The molecular weight excluding hydrogens is 777 g/mol. The molecule has 4 nitrogen and oxygen atoms in total. The van der Waals surface area contributed by atoms with E-state index in [4.69, 9.17) is 9.97 Å². The third-order valence-electron chi connectivity index (χ3n) is 14.4. The molecule has 0 aromatic carbocycles. The molecule has 0 radical (unpaired) electrons. The molecule has 0 aliphatic carbocycles. The molecule has 0 saturated heterocycles. The van der Waals surface area contributed by atoms with Crippen molar-refractivity contribution in [2.24, 2.45) is 0 Å². The average Bonchev–Trinajstić information content (AvgIpc) is 3.99. The SMILES string of the molecule is CCCCCC1=C(CCCCC)c2cc3[nH]c(cc4nc(cc5[nH]c(cc1n2)c(CCCCC)c5CCCCC)C(CCCCC)=C4CCCCC)c(CCCCC)c3CCCCC. The van der Waals surface area contributed by atoms with Gasteiger partial charge in [0.1, 0.15) is 0 Å². The molecule has 4 heteroatoms. The van der Waals surface area contributed by atoms with E-state index in [0.717, 1.165) is 51.4 Å². The lowest BCUT2D eigenvalue weighted by Gasteiger charge is -2.09. The van der Waals surface area contributed by atoms with Crippen LogP contribution >= 0.6 is 0 Å². The fourth-order valence-corrected chi connectivity index (χ4v) is 10.6. The smallest absolute Gasteiger partial charge is 0.0693 e. The lowest BCUT2D eigenvalue weighted by atomic mass is 9.93. The van der Waals surface area contributed by atoms with Crippen molar-refractivity contribution < 1.29 is 0 Å². The zero-order valence-electron chi connectivity index (χ0n) is 42.8. The third-order valence-corrected chi connectivity index (χ3v) is 14.4. The van der Waals surface area contributed by atoms with E-state index in [1.54, 1.807) is 22.3 Å². The minimum Gasteiger partial charge on any atom is -0.355 e. The summed E-state index contributed by atoms with van der Waals surface area (Å²) in [4.78, 5) is 19.9. The normalized spacial score (nSPS) is 13.0. The molecule has 8 bridgehead atoms. The standard InChI is InChI=1S/C60H94N4/c1-9-17-25-33-45-46(34-26-18-10-2)54-42-56-49(37-29-21-13-5)50(38-30-22-14-6)58(63-56)44-60-52(40-32-24-16-8)51(39-31-23-15-7)59(64-60)43-57-48(36-28-20-12-4)47(35-27-19-11-3)55(62-57)41-53(45)61-54/h41-44,61,64H,9-40H2,1-8H3. The minimum absolute atomic E-state index is 1.10. The summed E-state index contributed by atoms with van der Waals surface area (Å²) in [5.41, 5.74) is 22.3. The molecule has 5 heterocycles. The van der Waals surface area contributed by atoms with Gasteiger partial charge in [0.25, 0.3) is 0 Å². The van der Waals surface area contributed by atoms with Crippen molar-refractivity contribution in [3.8, 4) is 0 Å². The van der Waals surface area contributed by atoms with E-state index in [9.17, 15) is 0 Å². The Hall–Kier alpha value is -3.40. The van der Waals surface area contributed by atoms with E-state index < -0.39 is 0 Å². The Kier molecular flexibility index (Phi) is 23.0. The highest BCUT2D eigenvalue weighted by atomic mass is 14.8. The van der Waals surface area contributed by atoms with Crippen LogP contribution in [0, 0.1) is 0 Å². The summed E-state index contributed by atoms with van der Waals surface area (Å²) in [5, 5.41) is 0. The molecule has 0 atom stereocenters. The molecule has 0 amide bonds. The van der Waals surface area contributed by atoms with Crippen molar-refractivity contribution in [3.63, 3.8) is 0 Å². The lowest BCUT2D eigenvalue weighted by molar-refractivity contribution is 0.699. The quantitative estimate of drug-likeness (QED) is 0.0614. The number of nitrogens with zero attached hydrogens (tertiary/aromatic N) is 2. The Balaban J connectivity index is 1.99. The van der Waals surface area contributed by atoms with Crippen LogP contribution in [0.5, 0.6) is 0 Å². The highest BCUT2D eigenvalue weighted by Crippen LogP contribution is 2.41. The number of hydrogen-bond donors (Lipinski definition) is 2. The topological polar surface area (TPSA) is 57.4 Å². The van der Waals surface area contributed by atoms with Gasteiger partial charge in [0.2, 0.25) is 0 Å². The maximum Gasteiger partial charge on any atom is 0.0693 e. The number of nitrogens with one attached hydrogen (secondary N) is 2. The summed E-state index contributed by atoms with van der Waals surface area (Å²) < 4.78 is 0. The Morgan fingerprint density at radius 2 is 0.453 bits per heavy atom. The van der Waals surface area contributed by atoms with Crippen LogP contribution in [0.4, 0.5) is 0 Å². The second-order valence-corrected chi connectivity index (χ2v) is 19.7. The third kappa shape index (κ3) is 14.3. The summed E-state index contributed by atoms with van der Waals surface area (Å²) in [5.74, 6) is 0. The van der Waals surface area contributed by atoms with Gasteiger partial charge in [-0.15, -0.1) is 0 Å². The van der Waals surface area contributed by atoms with Gasteiger partial charge in [0.05, 0.1) is 22.8 Å². The number of H-pyrrole nitrogens is 2. The summed E-state index contributed by atoms with van der Waals surface area (Å²) in [6.45, 7) is 18.7. The zero-order chi connectivity index (χ0) is 45.5. The largest absolute Gasteiger partial charge is 0.355 e. The van der Waals surface area contributed by atoms with Crippen molar-refractivity contribution in [2.45, 2.75) is 261 Å². The predicted octanol–water partition coefficient (Wildman–Crippen LogP) is 19.4. The molecule has 3 aromatic heterocycles. The monoisotopic (exact) mass is 871 g/mol. The van der Waals surface area contributed by atoms with Gasteiger partial charge in [-0.1, -0.05) is 158 Å². The van der Waals surface area contributed by atoms with Crippen LogP contribution < -0.4 is 0 Å². The van der Waals surface area contributed by atoms with E-state index in [0.29, 0.717) is 0 Å². The van der Waals surface area contributed by atoms with Gasteiger partial charge >= 0.3 is 0 Å². The predicted molar refractivity (Wildman–Crippen MR) is 284 cm³/mol. The lowest BCUT2D eigenvalue weighted by Crippen LogP contribution is -1.93. The number of aromatic amines is 2. The van der Waals surface area contributed by atoms with Gasteiger partial charge in [-0.2, -0.15) is 0 Å². The molecular formula is C60H94N4. The number of fused-ring (bicyclic) bond motifs is 8. The van der Waals surface area contributed by atoms with Crippen LogP contribution in [-0.2, 0) is 25.7 Å². The highest BCUT2D eigenvalue weighted by molar-refractivity contribution is 5.96. The second-order valence-electron chi connectivity index (χ2n) is 19.7. The molecule has 0 spiro atoms.